The monoisotopic (exact) mass is 329 g/mol. The zero-order chi connectivity index (χ0) is 17.1. The maximum absolute atomic E-state index is 12.5. The van der Waals surface area contributed by atoms with Crippen molar-refractivity contribution in [1.82, 2.24) is 4.72 Å². The van der Waals surface area contributed by atoms with E-state index in [1.807, 2.05) is 13.8 Å². The van der Waals surface area contributed by atoms with Crippen molar-refractivity contribution in [2.45, 2.75) is 51.0 Å². The second-order valence-corrected chi connectivity index (χ2v) is 7.23. The second-order valence-electron chi connectivity index (χ2n) is 5.53. The summed E-state index contributed by atoms with van der Waals surface area (Å²) >= 11 is 0. The molecule has 8 heteroatoms. The number of nitrogens with two attached hydrogens (primary N) is 1. The van der Waals surface area contributed by atoms with Crippen molar-refractivity contribution >= 4 is 15.7 Å². The number of nitro groups is 1. The molecular weight excluding hydrogens is 306 g/mol. The Bertz CT molecular complexity index is 667. The van der Waals surface area contributed by atoms with Gasteiger partial charge in [-0.3, -0.25) is 10.1 Å². The molecule has 0 atom stereocenters. The molecule has 22 heavy (non-hydrogen) atoms. The topological polar surface area (TPSA) is 115 Å². The molecule has 7 nitrogen and oxygen atoms in total. The van der Waals surface area contributed by atoms with E-state index in [1.165, 1.54) is 19.9 Å². The third-order valence-corrected chi connectivity index (χ3v) is 5.58. The van der Waals surface area contributed by atoms with Gasteiger partial charge < -0.3 is 5.73 Å². The van der Waals surface area contributed by atoms with Crippen molar-refractivity contribution in [3.8, 4) is 0 Å². The number of nitrogens with one attached hydrogen (secondary N) is 1. The zero-order valence-electron chi connectivity index (χ0n) is 13.3. The van der Waals surface area contributed by atoms with Gasteiger partial charge in [0, 0.05) is 17.6 Å². The van der Waals surface area contributed by atoms with E-state index in [9.17, 15) is 18.5 Å². The minimum absolute atomic E-state index is 0.0346. The molecule has 0 heterocycles. The van der Waals surface area contributed by atoms with Crippen molar-refractivity contribution < 1.29 is 13.3 Å². The molecule has 0 aliphatic rings. The van der Waals surface area contributed by atoms with Gasteiger partial charge in [0.15, 0.2) is 4.90 Å². The Hall–Kier alpha value is -1.51. The average molecular weight is 329 g/mol. The largest absolute Gasteiger partial charge is 0.324 e. The molecule has 0 aromatic heterocycles. The van der Waals surface area contributed by atoms with Crippen LogP contribution in [0.25, 0.3) is 0 Å². The maximum atomic E-state index is 12.5. The van der Waals surface area contributed by atoms with Crippen molar-refractivity contribution in [3.05, 3.63) is 33.4 Å². The van der Waals surface area contributed by atoms with Crippen LogP contribution in [0.15, 0.2) is 17.0 Å². The van der Waals surface area contributed by atoms with Crippen LogP contribution in [-0.2, 0) is 10.0 Å². The molecule has 0 bridgehead atoms. The lowest BCUT2D eigenvalue weighted by Crippen LogP contribution is -2.49. The lowest BCUT2D eigenvalue weighted by molar-refractivity contribution is -0.388. The highest BCUT2D eigenvalue weighted by Crippen LogP contribution is 2.30. The van der Waals surface area contributed by atoms with Crippen LogP contribution in [0.3, 0.4) is 0 Å². The Morgan fingerprint density at radius 2 is 1.73 bits per heavy atom. The summed E-state index contributed by atoms with van der Waals surface area (Å²) in [6.07, 6.45) is 1.20. The maximum Gasteiger partial charge on any atom is 0.292 e. The van der Waals surface area contributed by atoms with E-state index < -0.39 is 20.5 Å². The molecule has 0 aliphatic carbocycles. The van der Waals surface area contributed by atoms with E-state index in [2.05, 4.69) is 4.72 Å². The quantitative estimate of drug-likeness (QED) is 0.586. The Morgan fingerprint density at radius 3 is 2.18 bits per heavy atom. The van der Waals surface area contributed by atoms with E-state index in [4.69, 9.17) is 5.73 Å². The normalized spacial score (nSPS) is 12.4. The smallest absolute Gasteiger partial charge is 0.292 e. The van der Waals surface area contributed by atoms with E-state index >= 15 is 0 Å². The van der Waals surface area contributed by atoms with E-state index in [0.717, 1.165) is 0 Å². The third kappa shape index (κ3) is 3.82. The number of nitro benzene ring substituents is 1. The predicted molar refractivity (Wildman–Crippen MR) is 85.3 cm³/mol. The fourth-order valence-corrected chi connectivity index (χ4v) is 3.75. The third-order valence-electron chi connectivity index (χ3n) is 4.00. The van der Waals surface area contributed by atoms with E-state index in [-0.39, 0.29) is 17.1 Å². The number of aryl methyl sites for hydroxylation is 2. The standard InChI is InChI=1S/C14H23N3O4S/c1-5-14(15,6-2)9-16-22(20,21)13-11(4)8-7-10(3)12(13)17(18)19/h7-8,16H,5-6,9,15H2,1-4H3. The molecule has 0 fully saturated rings. The highest BCUT2D eigenvalue weighted by atomic mass is 32.2. The lowest BCUT2D eigenvalue weighted by Gasteiger charge is -2.26. The first-order valence-corrected chi connectivity index (χ1v) is 8.59. The summed E-state index contributed by atoms with van der Waals surface area (Å²) in [5.74, 6) is 0. The molecule has 124 valence electrons. The molecule has 0 aliphatic heterocycles. The van der Waals surface area contributed by atoms with Gasteiger partial charge in [-0.1, -0.05) is 26.0 Å². The molecule has 1 aromatic rings. The van der Waals surface area contributed by atoms with Crippen LogP contribution < -0.4 is 10.5 Å². The summed E-state index contributed by atoms with van der Waals surface area (Å²) < 4.78 is 27.5. The number of nitrogens with zero attached hydrogens (tertiary/aromatic N) is 1. The van der Waals surface area contributed by atoms with Crippen LogP contribution in [0.4, 0.5) is 5.69 Å². The summed E-state index contributed by atoms with van der Waals surface area (Å²) in [4.78, 5) is 10.3. The first-order chi connectivity index (χ1) is 10.1. The van der Waals surface area contributed by atoms with Crippen molar-refractivity contribution in [3.63, 3.8) is 0 Å². The average Bonchev–Trinajstić information content (AvgIpc) is 2.46. The molecular formula is C14H23N3O4S. The molecule has 3 N–H and O–H groups in total. The molecule has 0 amide bonds. The van der Waals surface area contributed by atoms with Crippen LogP contribution in [0, 0.1) is 24.0 Å². The first-order valence-electron chi connectivity index (χ1n) is 7.11. The number of hydrogen-bond donors (Lipinski definition) is 2. The van der Waals surface area contributed by atoms with Gasteiger partial charge in [0.2, 0.25) is 10.0 Å². The molecule has 0 spiro atoms. The number of sulfonamides is 1. The number of benzene rings is 1. The number of rotatable bonds is 7. The Balaban J connectivity index is 3.30. The molecule has 0 unspecified atom stereocenters. The Kier molecular flexibility index (Phi) is 5.66. The molecule has 1 aromatic carbocycles. The summed E-state index contributed by atoms with van der Waals surface area (Å²) in [6, 6.07) is 3.10. The molecule has 0 radical (unpaired) electrons. The Morgan fingerprint density at radius 1 is 1.23 bits per heavy atom. The number of hydrogen-bond acceptors (Lipinski definition) is 5. The molecule has 1 rings (SSSR count). The van der Waals surface area contributed by atoms with Gasteiger partial charge in [0.25, 0.3) is 5.69 Å². The second kappa shape index (κ2) is 6.72. The minimum Gasteiger partial charge on any atom is -0.324 e. The van der Waals surface area contributed by atoms with Gasteiger partial charge in [-0.25, -0.2) is 13.1 Å². The van der Waals surface area contributed by atoms with Crippen molar-refractivity contribution in [1.29, 1.82) is 0 Å². The molecule has 0 saturated heterocycles. The van der Waals surface area contributed by atoms with Crippen LogP contribution in [0.5, 0.6) is 0 Å². The van der Waals surface area contributed by atoms with Crippen LogP contribution in [0.2, 0.25) is 0 Å². The first kappa shape index (κ1) is 18.5. The predicted octanol–water partition coefficient (Wildman–Crippen LogP) is 2.01. The minimum atomic E-state index is -4.01. The van der Waals surface area contributed by atoms with Gasteiger partial charge in [-0.05, 0) is 32.3 Å². The van der Waals surface area contributed by atoms with Gasteiger partial charge in [-0.2, -0.15) is 0 Å². The van der Waals surface area contributed by atoms with E-state index in [0.29, 0.717) is 24.0 Å². The van der Waals surface area contributed by atoms with E-state index in [1.54, 1.807) is 6.07 Å². The summed E-state index contributed by atoms with van der Waals surface area (Å²) in [5.41, 5.74) is 5.67. The van der Waals surface area contributed by atoms with Gasteiger partial charge >= 0.3 is 0 Å². The fourth-order valence-electron chi connectivity index (χ4n) is 2.15. The summed E-state index contributed by atoms with van der Waals surface area (Å²) in [5, 5.41) is 11.2. The highest BCUT2D eigenvalue weighted by Gasteiger charge is 2.31. The van der Waals surface area contributed by atoms with Crippen LogP contribution in [0.1, 0.15) is 37.8 Å². The van der Waals surface area contributed by atoms with Gasteiger partial charge in [0.05, 0.1) is 4.92 Å². The lowest BCUT2D eigenvalue weighted by atomic mass is 9.95. The van der Waals surface area contributed by atoms with Crippen molar-refractivity contribution in [2.75, 3.05) is 6.54 Å². The summed E-state index contributed by atoms with van der Waals surface area (Å²) in [7, 11) is -4.01. The van der Waals surface area contributed by atoms with Crippen LogP contribution in [-0.4, -0.2) is 25.4 Å². The fraction of sp³-hybridized carbons (Fsp3) is 0.571. The van der Waals surface area contributed by atoms with Crippen LogP contribution >= 0.6 is 0 Å². The van der Waals surface area contributed by atoms with Gasteiger partial charge in [-0.15, -0.1) is 0 Å². The van der Waals surface area contributed by atoms with Crippen molar-refractivity contribution in [2.24, 2.45) is 5.73 Å². The van der Waals surface area contributed by atoms with Gasteiger partial charge in [0.1, 0.15) is 0 Å². The molecule has 0 saturated carbocycles. The Labute approximate surface area is 131 Å². The summed E-state index contributed by atoms with van der Waals surface area (Å²) in [6.45, 7) is 6.83. The SMILES string of the molecule is CCC(N)(CC)CNS(=O)(=O)c1c(C)ccc(C)c1[N+](=O)[O-]. The highest BCUT2D eigenvalue weighted by molar-refractivity contribution is 7.89. The zero-order valence-corrected chi connectivity index (χ0v) is 14.2.